The van der Waals surface area contributed by atoms with Gasteiger partial charge in [-0.3, -0.25) is 0 Å². The highest BCUT2D eigenvalue weighted by Gasteiger charge is 2.35. The number of methoxy groups -OCH3 is 1. The number of aliphatic hydroxyl groups is 1. The Bertz CT molecular complexity index is 390. The van der Waals surface area contributed by atoms with Crippen LogP contribution in [0, 0.1) is 0 Å². The predicted octanol–water partition coefficient (Wildman–Crippen LogP) is 2.43. The normalized spacial score (nSPS) is 23.5. The molecule has 3 nitrogen and oxygen atoms in total. The Labute approximate surface area is 103 Å². The Hall–Kier alpha value is -1.22. The standard InChI is InChI=1S/C14H21NO2/c1-14(2)10-11(16)8-9-15(14)12-6-4-5-7-13(12)17-3/h4-7,11,16H,8-10H2,1-3H3. The Morgan fingerprint density at radius 3 is 2.71 bits per heavy atom. The van der Waals surface area contributed by atoms with Crippen LogP contribution in [-0.2, 0) is 0 Å². The van der Waals surface area contributed by atoms with Crippen molar-refractivity contribution in [2.45, 2.75) is 38.3 Å². The first-order valence-electron chi connectivity index (χ1n) is 6.13. The van der Waals surface area contributed by atoms with E-state index in [0.717, 1.165) is 30.8 Å². The summed E-state index contributed by atoms with van der Waals surface area (Å²) in [7, 11) is 1.70. The molecule has 0 spiro atoms. The van der Waals surface area contributed by atoms with Crippen molar-refractivity contribution < 1.29 is 9.84 Å². The first-order chi connectivity index (χ1) is 8.04. The molecule has 0 bridgehead atoms. The van der Waals surface area contributed by atoms with E-state index in [4.69, 9.17) is 4.74 Å². The van der Waals surface area contributed by atoms with Crippen molar-refractivity contribution in [2.24, 2.45) is 0 Å². The molecule has 0 saturated carbocycles. The van der Waals surface area contributed by atoms with Crippen LogP contribution in [0.3, 0.4) is 0 Å². The molecule has 1 aliphatic heterocycles. The van der Waals surface area contributed by atoms with Crippen molar-refractivity contribution in [3.05, 3.63) is 24.3 Å². The maximum Gasteiger partial charge on any atom is 0.142 e. The lowest BCUT2D eigenvalue weighted by atomic mass is 9.88. The molecule has 17 heavy (non-hydrogen) atoms. The van der Waals surface area contributed by atoms with E-state index < -0.39 is 0 Å². The Morgan fingerprint density at radius 1 is 1.35 bits per heavy atom. The van der Waals surface area contributed by atoms with Crippen molar-refractivity contribution in [1.82, 2.24) is 0 Å². The molecule has 1 fully saturated rings. The Balaban J connectivity index is 2.32. The molecule has 0 aromatic heterocycles. The highest BCUT2D eigenvalue weighted by atomic mass is 16.5. The summed E-state index contributed by atoms with van der Waals surface area (Å²) in [6.45, 7) is 5.21. The summed E-state index contributed by atoms with van der Waals surface area (Å²) < 4.78 is 5.41. The molecule has 1 aromatic rings. The number of piperidine rings is 1. The van der Waals surface area contributed by atoms with E-state index in [-0.39, 0.29) is 11.6 Å². The van der Waals surface area contributed by atoms with Crippen molar-refractivity contribution in [1.29, 1.82) is 0 Å². The van der Waals surface area contributed by atoms with Crippen molar-refractivity contribution in [3.8, 4) is 5.75 Å². The average Bonchev–Trinajstić information content (AvgIpc) is 2.28. The molecule has 94 valence electrons. The molecule has 1 unspecified atom stereocenters. The van der Waals surface area contributed by atoms with Gasteiger partial charge in [0, 0.05) is 12.1 Å². The van der Waals surface area contributed by atoms with Crippen LogP contribution >= 0.6 is 0 Å². The lowest BCUT2D eigenvalue weighted by molar-refractivity contribution is 0.107. The first-order valence-corrected chi connectivity index (χ1v) is 6.13. The van der Waals surface area contributed by atoms with E-state index in [2.05, 4.69) is 24.8 Å². The lowest BCUT2D eigenvalue weighted by Gasteiger charge is -2.46. The first kappa shape index (κ1) is 12.2. The van der Waals surface area contributed by atoms with Crippen LogP contribution in [0.1, 0.15) is 26.7 Å². The van der Waals surface area contributed by atoms with Gasteiger partial charge in [-0.1, -0.05) is 12.1 Å². The minimum absolute atomic E-state index is 0.0354. The molecule has 1 aliphatic rings. The number of hydrogen-bond acceptors (Lipinski definition) is 3. The maximum absolute atomic E-state index is 9.78. The van der Waals surface area contributed by atoms with Crippen molar-refractivity contribution in [3.63, 3.8) is 0 Å². The minimum atomic E-state index is -0.184. The highest BCUT2D eigenvalue weighted by molar-refractivity contribution is 5.60. The van der Waals surface area contributed by atoms with Crippen LogP contribution in [0.5, 0.6) is 5.75 Å². The van der Waals surface area contributed by atoms with Crippen LogP contribution in [0.2, 0.25) is 0 Å². The number of hydrogen-bond donors (Lipinski definition) is 1. The van der Waals surface area contributed by atoms with E-state index in [1.165, 1.54) is 0 Å². The van der Waals surface area contributed by atoms with E-state index in [1.807, 2.05) is 18.2 Å². The van der Waals surface area contributed by atoms with Gasteiger partial charge in [-0.15, -0.1) is 0 Å². The van der Waals surface area contributed by atoms with Gasteiger partial charge in [0.1, 0.15) is 5.75 Å². The minimum Gasteiger partial charge on any atom is -0.495 e. The van der Waals surface area contributed by atoms with Gasteiger partial charge in [0.05, 0.1) is 18.9 Å². The van der Waals surface area contributed by atoms with Gasteiger partial charge in [0.15, 0.2) is 0 Å². The monoisotopic (exact) mass is 235 g/mol. The molecule has 2 rings (SSSR count). The second-order valence-corrected chi connectivity index (χ2v) is 5.28. The topological polar surface area (TPSA) is 32.7 Å². The molecule has 0 radical (unpaired) electrons. The summed E-state index contributed by atoms with van der Waals surface area (Å²) in [6, 6.07) is 8.07. The molecule has 0 aliphatic carbocycles. The van der Waals surface area contributed by atoms with Gasteiger partial charge < -0.3 is 14.7 Å². The van der Waals surface area contributed by atoms with Crippen LogP contribution in [-0.4, -0.2) is 30.4 Å². The van der Waals surface area contributed by atoms with Crippen LogP contribution in [0.25, 0.3) is 0 Å². The largest absolute Gasteiger partial charge is 0.495 e. The van der Waals surface area contributed by atoms with Gasteiger partial charge in [0.2, 0.25) is 0 Å². The van der Waals surface area contributed by atoms with E-state index in [0.29, 0.717) is 0 Å². The van der Waals surface area contributed by atoms with Crippen molar-refractivity contribution in [2.75, 3.05) is 18.6 Å². The van der Waals surface area contributed by atoms with E-state index in [9.17, 15) is 5.11 Å². The SMILES string of the molecule is COc1ccccc1N1CCC(O)CC1(C)C. The van der Waals surface area contributed by atoms with Gasteiger partial charge in [0.25, 0.3) is 0 Å². The molecule has 1 saturated heterocycles. The summed E-state index contributed by atoms with van der Waals surface area (Å²) in [4.78, 5) is 2.33. The molecule has 1 aromatic carbocycles. The molecule has 1 heterocycles. The molecule has 1 N–H and O–H groups in total. The van der Waals surface area contributed by atoms with Gasteiger partial charge in [-0.25, -0.2) is 0 Å². The number of benzene rings is 1. The smallest absolute Gasteiger partial charge is 0.142 e. The van der Waals surface area contributed by atoms with Crippen LogP contribution in [0.15, 0.2) is 24.3 Å². The quantitative estimate of drug-likeness (QED) is 0.854. The third-order valence-electron chi connectivity index (χ3n) is 3.53. The lowest BCUT2D eigenvalue weighted by Crippen LogP contribution is -2.51. The van der Waals surface area contributed by atoms with Gasteiger partial charge in [-0.05, 0) is 38.8 Å². The Morgan fingerprint density at radius 2 is 2.06 bits per heavy atom. The zero-order valence-electron chi connectivity index (χ0n) is 10.8. The van der Waals surface area contributed by atoms with E-state index in [1.54, 1.807) is 7.11 Å². The summed E-state index contributed by atoms with van der Waals surface area (Å²) in [5.74, 6) is 0.900. The molecule has 1 atom stereocenters. The zero-order chi connectivity index (χ0) is 12.5. The Kier molecular flexibility index (Phi) is 3.29. The number of ether oxygens (including phenoxy) is 1. The van der Waals surface area contributed by atoms with E-state index >= 15 is 0 Å². The van der Waals surface area contributed by atoms with Gasteiger partial charge in [-0.2, -0.15) is 0 Å². The number of rotatable bonds is 2. The summed E-state index contributed by atoms with van der Waals surface area (Å²) in [5, 5.41) is 9.78. The molecule has 3 heteroatoms. The van der Waals surface area contributed by atoms with Crippen LogP contribution < -0.4 is 9.64 Å². The maximum atomic E-state index is 9.78. The number of anilines is 1. The average molecular weight is 235 g/mol. The zero-order valence-corrected chi connectivity index (χ0v) is 10.8. The summed E-state index contributed by atoms with van der Waals surface area (Å²) in [5.41, 5.74) is 1.08. The number of nitrogens with zero attached hydrogens (tertiary/aromatic N) is 1. The van der Waals surface area contributed by atoms with Crippen molar-refractivity contribution >= 4 is 5.69 Å². The second-order valence-electron chi connectivity index (χ2n) is 5.28. The summed E-state index contributed by atoms with van der Waals surface area (Å²) >= 11 is 0. The highest BCUT2D eigenvalue weighted by Crippen LogP contribution is 2.37. The third kappa shape index (κ3) is 2.39. The third-order valence-corrected chi connectivity index (χ3v) is 3.53. The fourth-order valence-electron chi connectivity index (χ4n) is 2.67. The number of para-hydroxylation sites is 2. The van der Waals surface area contributed by atoms with Gasteiger partial charge >= 0.3 is 0 Å². The molecular weight excluding hydrogens is 214 g/mol. The summed E-state index contributed by atoms with van der Waals surface area (Å²) in [6.07, 6.45) is 1.43. The molecular formula is C14H21NO2. The molecule has 0 amide bonds. The second kappa shape index (κ2) is 4.57. The number of aliphatic hydroxyl groups excluding tert-OH is 1. The predicted molar refractivity (Wildman–Crippen MR) is 69.7 cm³/mol. The fourth-order valence-corrected chi connectivity index (χ4v) is 2.67. The fraction of sp³-hybridized carbons (Fsp3) is 0.571. The van der Waals surface area contributed by atoms with Crippen LogP contribution in [0.4, 0.5) is 5.69 Å².